The van der Waals surface area contributed by atoms with Gasteiger partial charge in [0.25, 0.3) is 0 Å². The molecule has 6 nitrogen and oxygen atoms in total. The van der Waals surface area contributed by atoms with E-state index in [4.69, 9.17) is 4.74 Å². The van der Waals surface area contributed by atoms with Gasteiger partial charge in [0.05, 0.1) is 12.3 Å². The van der Waals surface area contributed by atoms with Gasteiger partial charge in [-0.05, 0) is 31.0 Å². The van der Waals surface area contributed by atoms with Crippen LogP contribution >= 0.6 is 0 Å². The molecule has 1 saturated carbocycles. The van der Waals surface area contributed by atoms with E-state index in [1.54, 1.807) is 16.9 Å². The van der Waals surface area contributed by atoms with E-state index >= 15 is 0 Å². The minimum absolute atomic E-state index is 0.0956. The SMILES string of the molecule is O=C(OC[C@@H]1CC(=O)N(C2CC2)C1)c1ccn(-c2ccccc2)n1. The van der Waals surface area contributed by atoms with Gasteiger partial charge in [-0.1, -0.05) is 18.2 Å². The molecular formula is C18H19N3O3. The molecule has 1 aromatic heterocycles. The Balaban J connectivity index is 1.34. The van der Waals surface area contributed by atoms with E-state index in [-0.39, 0.29) is 24.1 Å². The van der Waals surface area contributed by atoms with Crippen LogP contribution in [0.3, 0.4) is 0 Å². The van der Waals surface area contributed by atoms with Crippen molar-refractivity contribution in [2.75, 3.05) is 13.2 Å². The van der Waals surface area contributed by atoms with E-state index in [2.05, 4.69) is 5.10 Å². The Morgan fingerprint density at radius 1 is 1.21 bits per heavy atom. The summed E-state index contributed by atoms with van der Waals surface area (Å²) in [5, 5.41) is 4.26. The second kappa shape index (κ2) is 6.11. The predicted octanol–water partition coefficient (Wildman–Crippen LogP) is 2.04. The molecule has 1 amide bonds. The molecule has 0 bridgehead atoms. The van der Waals surface area contributed by atoms with Crippen LogP contribution in [0.5, 0.6) is 0 Å². The molecule has 124 valence electrons. The molecule has 1 aliphatic heterocycles. The molecule has 2 heterocycles. The third-order valence-electron chi connectivity index (χ3n) is 4.50. The van der Waals surface area contributed by atoms with Crippen molar-refractivity contribution in [3.8, 4) is 5.69 Å². The van der Waals surface area contributed by atoms with Crippen molar-refractivity contribution < 1.29 is 14.3 Å². The van der Waals surface area contributed by atoms with E-state index in [9.17, 15) is 9.59 Å². The normalized spacial score (nSPS) is 20.4. The Labute approximate surface area is 140 Å². The van der Waals surface area contributed by atoms with Crippen molar-refractivity contribution in [3.05, 3.63) is 48.3 Å². The van der Waals surface area contributed by atoms with Gasteiger partial charge in [0.1, 0.15) is 0 Å². The smallest absolute Gasteiger partial charge is 0.358 e. The summed E-state index contributed by atoms with van der Waals surface area (Å²) in [4.78, 5) is 26.0. The Bertz CT molecular complexity index is 752. The number of aromatic nitrogens is 2. The van der Waals surface area contributed by atoms with Crippen LogP contribution in [0, 0.1) is 5.92 Å². The van der Waals surface area contributed by atoms with Crippen LogP contribution in [-0.4, -0.2) is 45.8 Å². The van der Waals surface area contributed by atoms with Crippen molar-refractivity contribution in [1.82, 2.24) is 14.7 Å². The average molecular weight is 325 g/mol. The maximum Gasteiger partial charge on any atom is 0.358 e. The van der Waals surface area contributed by atoms with Gasteiger partial charge in [-0.15, -0.1) is 0 Å². The first-order valence-corrected chi connectivity index (χ1v) is 8.28. The lowest BCUT2D eigenvalue weighted by Gasteiger charge is -2.15. The van der Waals surface area contributed by atoms with Crippen LogP contribution in [0.15, 0.2) is 42.6 Å². The molecule has 0 unspecified atom stereocenters. The van der Waals surface area contributed by atoms with Gasteiger partial charge in [0.15, 0.2) is 5.69 Å². The van der Waals surface area contributed by atoms with Crippen molar-refractivity contribution in [2.45, 2.75) is 25.3 Å². The molecule has 1 atom stereocenters. The molecule has 2 aliphatic rings. The minimum Gasteiger partial charge on any atom is -0.461 e. The van der Waals surface area contributed by atoms with Gasteiger partial charge in [-0.2, -0.15) is 5.10 Å². The van der Waals surface area contributed by atoms with E-state index in [1.165, 1.54) is 0 Å². The second-order valence-electron chi connectivity index (χ2n) is 6.43. The number of para-hydroxylation sites is 1. The largest absolute Gasteiger partial charge is 0.461 e. The number of hydrogen-bond acceptors (Lipinski definition) is 4. The highest BCUT2D eigenvalue weighted by Gasteiger charge is 2.39. The number of amides is 1. The summed E-state index contributed by atoms with van der Waals surface area (Å²) < 4.78 is 7.01. The first-order chi connectivity index (χ1) is 11.7. The second-order valence-corrected chi connectivity index (χ2v) is 6.43. The van der Waals surface area contributed by atoms with Gasteiger partial charge < -0.3 is 9.64 Å². The van der Waals surface area contributed by atoms with Crippen LogP contribution in [0.25, 0.3) is 5.69 Å². The fraction of sp³-hybridized carbons (Fsp3) is 0.389. The zero-order valence-corrected chi connectivity index (χ0v) is 13.3. The number of carbonyl (C=O) groups is 2. The molecular weight excluding hydrogens is 306 g/mol. The quantitative estimate of drug-likeness (QED) is 0.789. The van der Waals surface area contributed by atoms with E-state index in [0.29, 0.717) is 19.0 Å². The maximum absolute atomic E-state index is 12.2. The third kappa shape index (κ3) is 3.04. The van der Waals surface area contributed by atoms with Crippen molar-refractivity contribution in [3.63, 3.8) is 0 Å². The molecule has 1 saturated heterocycles. The lowest BCUT2D eigenvalue weighted by molar-refractivity contribution is -0.128. The number of benzene rings is 1. The average Bonchev–Trinajstić information content (AvgIpc) is 3.19. The summed E-state index contributed by atoms with van der Waals surface area (Å²) in [6.07, 6.45) is 4.42. The van der Waals surface area contributed by atoms with Gasteiger partial charge in [-0.3, -0.25) is 4.79 Å². The number of carbonyl (C=O) groups excluding carboxylic acids is 2. The Kier molecular flexibility index (Phi) is 3.80. The number of likely N-dealkylation sites (tertiary alicyclic amines) is 1. The van der Waals surface area contributed by atoms with Crippen molar-refractivity contribution >= 4 is 11.9 Å². The molecule has 0 radical (unpaired) electrons. The number of ether oxygens (including phenoxy) is 1. The predicted molar refractivity (Wildman–Crippen MR) is 86.7 cm³/mol. The fourth-order valence-corrected chi connectivity index (χ4v) is 3.08. The van der Waals surface area contributed by atoms with Gasteiger partial charge in [0, 0.05) is 31.1 Å². The van der Waals surface area contributed by atoms with Crippen LogP contribution in [0.2, 0.25) is 0 Å². The van der Waals surface area contributed by atoms with Crippen LogP contribution in [0.1, 0.15) is 29.8 Å². The summed E-state index contributed by atoms with van der Waals surface area (Å²) in [6.45, 7) is 0.973. The molecule has 0 N–H and O–H groups in total. The van der Waals surface area contributed by atoms with Crippen LogP contribution < -0.4 is 0 Å². The summed E-state index contributed by atoms with van der Waals surface area (Å²) in [6, 6.07) is 11.7. The summed E-state index contributed by atoms with van der Waals surface area (Å²) in [7, 11) is 0. The standard InChI is InChI=1S/C18H19N3O3/c22-17-10-13(11-20(17)14-6-7-14)12-24-18(23)16-8-9-21(19-16)15-4-2-1-3-5-15/h1-5,8-9,13-14H,6-7,10-12H2/t13-/m1/s1. The monoisotopic (exact) mass is 325 g/mol. The van der Waals surface area contributed by atoms with E-state index in [1.807, 2.05) is 35.2 Å². The number of rotatable bonds is 5. The van der Waals surface area contributed by atoms with Gasteiger partial charge in [0.2, 0.25) is 5.91 Å². The zero-order valence-electron chi connectivity index (χ0n) is 13.3. The minimum atomic E-state index is -0.443. The summed E-state index contributed by atoms with van der Waals surface area (Å²) in [5.41, 5.74) is 1.17. The maximum atomic E-state index is 12.2. The lowest BCUT2D eigenvalue weighted by Crippen LogP contribution is -2.28. The zero-order chi connectivity index (χ0) is 16.5. The highest BCUT2D eigenvalue weighted by Crippen LogP contribution is 2.32. The first kappa shape index (κ1) is 14.9. The molecule has 1 aliphatic carbocycles. The topological polar surface area (TPSA) is 64.4 Å². The molecule has 1 aromatic carbocycles. The molecule has 4 rings (SSSR count). The summed E-state index contributed by atoms with van der Waals surface area (Å²) >= 11 is 0. The Morgan fingerprint density at radius 2 is 2.00 bits per heavy atom. The van der Waals surface area contributed by atoms with Crippen LogP contribution in [-0.2, 0) is 9.53 Å². The van der Waals surface area contributed by atoms with E-state index < -0.39 is 5.97 Å². The summed E-state index contributed by atoms with van der Waals surface area (Å²) in [5.74, 6) is -0.160. The third-order valence-corrected chi connectivity index (χ3v) is 4.50. The highest BCUT2D eigenvalue weighted by molar-refractivity contribution is 5.87. The molecule has 24 heavy (non-hydrogen) atoms. The number of hydrogen-bond donors (Lipinski definition) is 0. The number of nitrogens with zero attached hydrogens (tertiary/aromatic N) is 3. The molecule has 0 spiro atoms. The van der Waals surface area contributed by atoms with Gasteiger partial charge in [-0.25, -0.2) is 9.48 Å². The van der Waals surface area contributed by atoms with Crippen molar-refractivity contribution in [1.29, 1.82) is 0 Å². The molecule has 2 fully saturated rings. The first-order valence-electron chi connectivity index (χ1n) is 8.28. The number of esters is 1. The Morgan fingerprint density at radius 3 is 2.75 bits per heavy atom. The molecule has 6 heteroatoms. The highest BCUT2D eigenvalue weighted by atomic mass is 16.5. The van der Waals surface area contributed by atoms with Crippen LogP contribution in [0.4, 0.5) is 0 Å². The van der Waals surface area contributed by atoms with Gasteiger partial charge >= 0.3 is 5.97 Å². The van der Waals surface area contributed by atoms with Crippen molar-refractivity contribution in [2.24, 2.45) is 5.92 Å². The van der Waals surface area contributed by atoms with E-state index in [0.717, 1.165) is 18.5 Å². The molecule has 2 aromatic rings. The lowest BCUT2D eigenvalue weighted by atomic mass is 10.1. The Hall–Kier alpha value is -2.63. The fourth-order valence-electron chi connectivity index (χ4n) is 3.08.